The summed E-state index contributed by atoms with van der Waals surface area (Å²) < 4.78 is 5.40. The number of hydrazine groups is 1. The number of aromatic nitrogens is 1. The van der Waals surface area contributed by atoms with Crippen LogP contribution >= 0.6 is 0 Å². The molecule has 1 aromatic rings. The van der Waals surface area contributed by atoms with Crippen LogP contribution in [0.5, 0.6) is 0 Å². The van der Waals surface area contributed by atoms with Gasteiger partial charge >= 0.3 is 0 Å². The molecule has 94 valence electrons. The smallest absolute Gasteiger partial charge is 0.0507 e. The number of pyridine rings is 1. The van der Waals surface area contributed by atoms with Gasteiger partial charge in [0.05, 0.1) is 6.04 Å². The van der Waals surface area contributed by atoms with Crippen molar-refractivity contribution in [3.05, 3.63) is 29.1 Å². The largest absolute Gasteiger partial charge is 0.381 e. The van der Waals surface area contributed by atoms with Gasteiger partial charge in [-0.25, -0.2) is 0 Å². The van der Waals surface area contributed by atoms with E-state index in [1.54, 1.807) is 0 Å². The molecule has 1 unspecified atom stereocenters. The van der Waals surface area contributed by atoms with E-state index in [0.717, 1.165) is 37.4 Å². The van der Waals surface area contributed by atoms with E-state index in [2.05, 4.69) is 16.5 Å². The van der Waals surface area contributed by atoms with Crippen molar-refractivity contribution in [2.24, 2.45) is 11.8 Å². The van der Waals surface area contributed by atoms with Crippen LogP contribution < -0.4 is 11.3 Å². The van der Waals surface area contributed by atoms with E-state index >= 15 is 0 Å². The monoisotopic (exact) mass is 235 g/mol. The fourth-order valence-corrected chi connectivity index (χ4v) is 2.55. The third kappa shape index (κ3) is 2.83. The van der Waals surface area contributed by atoms with Gasteiger partial charge in [0.1, 0.15) is 0 Å². The number of nitrogens with zero attached hydrogens (tertiary/aromatic N) is 1. The molecule has 1 fully saturated rings. The first-order valence-electron chi connectivity index (χ1n) is 6.20. The van der Waals surface area contributed by atoms with Crippen molar-refractivity contribution in [2.45, 2.75) is 32.7 Å². The third-order valence-corrected chi connectivity index (χ3v) is 3.52. The molecule has 1 aromatic heterocycles. The van der Waals surface area contributed by atoms with Crippen LogP contribution in [0.1, 0.15) is 35.8 Å². The number of hydrogen-bond acceptors (Lipinski definition) is 4. The first-order chi connectivity index (χ1) is 8.22. The van der Waals surface area contributed by atoms with Crippen molar-refractivity contribution in [1.82, 2.24) is 10.4 Å². The van der Waals surface area contributed by atoms with Crippen LogP contribution in [0.2, 0.25) is 0 Å². The highest BCUT2D eigenvalue weighted by Crippen LogP contribution is 2.30. The number of aryl methyl sites for hydroxylation is 2. The minimum absolute atomic E-state index is 0.187. The molecule has 1 saturated heterocycles. The zero-order chi connectivity index (χ0) is 12.3. The summed E-state index contributed by atoms with van der Waals surface area (Å²) in [6.45, 7) is 5.73. The van der Waals surface area contributed by atoms with E-state index < -0.39 is 0 Å². The Bertz CT molecular complexity index is 375. The van der Waals surface area contributed by atoms with E-state index in [1.165, 1.54) is 5.56 Å². The number of ether oxygens (including phenoxy) is 1. The van der Waals surface area contributed by atoms with E-state index in [4.69, 9.17) is 10.6 Å². The molecule has 17 heavy (non-hydrogen) atoms. The minimum atomic E-state index is 0.187. The van der Waals surface area contributed by atoms with Crippen molar-refractivity contribution in [1.29, 1.82) is 0 Å². The molecular formula is C13H21N3O. The summed E-state index contributed by atoms with van der Waals surface area (Å²) in [5.41, 5.74) is 6.28. The van der Waals surface area contributed by atoms with E-state index in [0.29, 0.717) is 5.92 Å². The molecule has 0 saturated carbocycles. The van der Waals surface area contributed by atoms with E-state index in [1.807, 2.05) is 19.9 Å². The molecule has 3 N–H and O–H groups in total. The average Bonchev–Trinajstić information content (AvgIpc) is 2.34. The van der Waals surface area contributed by atoms with Crippen molar-refractivity contribution >= 4 is 0 Å². The molecule has 0 bridgehead atoms. The van der Waals surface area contributed by atoms with Gasteiger partial charge in [-0.1, -0.05) is 6.07 Å². The molecule has 1 atom stereocenters. The predicted molar refractivity (Wildman–Crippen MR) is 67.3 cm³/mol. The highest BCUT2D eigenvalue weighted by molar-refractivity contribution is 5.25. The Morgan fingerprint density at radius 2 is 2.06 bits per heavy atom. The Kier molecular flexibility index (Phi) is 4.10. The van der Waals surface area contributed by atoms with Crippen LogP contribution in [0.15, 0.2) is 12.1 Å². The van der Waals surface area contributed by atoms with Gasteiger partial charge in [0, 0.05) is 24.6 Å². The Balaban J connectivity index is 2.21. The average molecular weight is 235 g/mol. The zero-order valence-electron chi connectivity index (χ0n) is 10.6. The Hall–Kier alpha value is -0.970. The van der Waals surface area contributed by atoms with Crippen molar-refractivity contribution in [3.63, 3.8) is 0 Å². The lowest BCUT2D eigenvalue weighted by Gasteiger charge is -2.30. The Morgan fingerprint density at radius 1 is 1.35 bits per heavy atom. The van der Waals surface area contributed by atoms with Gasteiger partial charge in [0.2, 0.25) is 0 Å². The standard InChI is InChI=1S/C13H21N3O/c1-9-3-4-12(10(2)15-9)13(16-14)11-5-7-17-8-6-11/h3-4,11,13,16H,5-8,14H2,1-2H3. The molecule has 0 aromatic carbocycles. The van der Waals surface area contributed by atoms with Crippen LogP contribution in [-0.4, -0.2) is 18.2 Å². The lowest BCUT2D eigenvalue weighted by atomic mass is 9.87. The number of nitrogens with two attached hydrogens (primary N) is 1. The lowest BCUT2D eigenvalue weighted by Crippen LogP contribution is -2.36. The van der Waals surface area contributed by atoms with Gasteiger partial charge in [-0.05, 0) is 44.2 Å². The highest BCUT2D eigenvalue weighted by atomic mass is 16.5. The molecule has 0 radical (unpaired) electrons. The van der Waals surface area contributed by atoms with E-state index in [-0.39, 0.29) is 6.04 Å². The second kappa shape index (κ2) is 5.58. The van der Waals surface area contributed by atoms with Crippen LogP contribution in [0.3, 0.4) is 0 Å². The number of rotatable bonds is 3. The summed E-state index contributed by atoms with van der Waals surface area (Å²) >= 11 is 0. The van der Waals surface area contributed by atoms with Gasteiger partial charge in [-0.2, -0.15) is 0 Å². The van der Waals surface area contributed by atoms with Crippen molar-refractivity contribution in [3.8, 4) is 0 Å². The first-order valence-corrected chi connectivity index (χ1v) is 6.20. The third-order valence-electron chi connectivity index (χ3n) is 3.52. The van der Waals surface area contributed by atoms with E-state index in [9.17, 15) is 0 Å². The SMILES string of the molecule is Cc1ccc(C(NN)C2CCOCC2)c(C)n1. The van der Waals surface area contributed by atoms with Gasteiger partial charge < -0.3 is 4.74 Å². The second-order valence-corrected chi connectivity index (χ2v) is 4.72. The van der Waals surface area contributed by atoms with Crippen LogP contribution in [0.25, 0.3) is 0 Å². The highest BCUT2D eigenvalue weighted by Gasteiger charge is 2.25. The second-order valence-electron chi connectivity index (χ2n) is 4.72. The van der Waals surface area contributed by atoms with Crippen molar-refractivity contribution < 1.29 is 4.74 Å². The molecule has 0 aliphatic carbocycles. The number of nitrogens with one attached hydrogen (secondary N) is 1. The molecule has 1 aliphatic rings. The molecule has 2 heterocycles. The molecule has 0 amide bonds. The summed E-state index contributed by atoms with van der Waals surface area (Å²) in [7, 11) is 0. The van der Waals surface area contributed by atoms with Gasteiger partial charge in [-0.3, -0.25) is 16.3 Å². The zero-order valence-corrected chi connectivity index (χ0v) is 10.6. The molecule has 1 aliphatic heterocycles. The maximum absolute atomic E-state index is 5.72. The van der Waals surface area contributed by atoms with Crippen molar-refractivity contribution in [2.75, 3.05) is 13.2 Å². The number of hydrogen-bond donors (Lipinski definition) is 2. The predicted octanol–water partition coefficient (Wildman–Crippen LogP) is 1.63. The summed E-state index contributed by atoms with van der Waals surface area (Å²) in [4.78, 5) is 4.51. The molecule has 4 heteroatoms. The first kappa shape index (κ1) is 12.5. The topological polar surface area (TPSA) is 60.2 Å². The van der Waals surface area contributed by atoms with Crippen LogP contribution in [-0.2, 0) is 4.74 Å². The molecule has 2 rings (SSSR count). The van der Waals surface area contributed by atoms with Crippen LogP contribution in [0, 0.1) is 19.8 Å². The molecular weight excluding hydrogens is 214 g/mol. The lowest BCUT2D eigenvalue weighted by molar-refractivity contribution is 0.0535. The van der Waals surface area contributed by atoms with Gasteiger partial charge in [-0.15, -0.1) is 0 Å². The molecule has 0 spiro atoms. The van der Waals surface area contributed by atoms with Crippen LogP contribution in [0.4, 0.5) is 0 Å². The quantitative estimate of drug-likeness (QED) is 0.617. The molecule has 4 nitrogen and oxygen atoms in total. The summed E-state index contributed by atoms with van der Waals surface area (Å²) in [6, 6.07) is 4.37. The van der Waals surface area contributed by atoms with Gasteiger partial charge in [0.25, 0.3) is 0 Å². The van der Waals surface area contributed by atoms with Gasteiger partial charge in [0.15, 0.2) is 0 Å². The normalized spacial score (nSPS) is 19.2. The fraction of sp³-hybridized carbons (Fsp3) is 0.615. The fourth-order valence-electron chi connectivity index (χ4n) is 2.55. The Morgan fingerprint density at radius 3 is 2.65 bits per heavy atom. The maximum atomic E-state index is 5.72. The summed E-state index contributed by atoms with van der Waals surface area (Å²) in [5.74, 6) is 6.26. The Labute approximate surface area is 103 Å². The maximum Gasteiger partial charge on any atom is 0.0507 e. The summed E-state index contributed by atoms with van der Waals surface area (Å²) in [5, 5.41) is 0. The minimum Gasteiger partial charge on any atom is -0.381 e. The summed E-state index contributed by atoms with van der Waals surface area (Å²) in [6.07, 6.45) is 2.12.